The molecule has 4 unspecified atom stereocenters. The first kappa shape index (κ1) is 23.7. The van der Waals surface area contributed by atoms with Gasteiger partial charge in [0.2, 0.25) is 0 Å². The van der Waals surface area contributed by atoms with Crippen molar-refractivity contribution in [2.75, 3.05) is 20.3 Å². The minimum atomic E-state index is -0.215. The van der Waals surface area contributed by atoms with Crippen molar-refractivity contribution in [1.82, 2.24) is 0 Å². The van der Waals surface area contributed by atoms with Crippen LogP contribution in [-0.2, 0) is 30.3 Å². The standard InChI is InChI=1S/C25H40O5/c1-16-12-24(28-15-23-19(4)18(3)20(5)25(26-6)30-23)29-22(17(16)2)14-27-13-21-10-8-7-9-11-21/h7-11,16-20,22-25H,12-15H2,1-6H3/t16?,17-,18-,19-,20?,22?,23?,24+,25-/m0/s1. The van der Waals surface area contributed by atoms with Crippen molar-refractivity contribution in [1.29, 1.82) is 0 Å². The van der Waals surface area contributed by atoms with Crippen LogP contribution in [0.15, 0.2) is 30.3 Å². The normalized spacial score (nSPS) is 39.7. The van der Waals surface area contributed by atoms with Crippen molar-refractivity contribution in [3.63, 3.8) is 0 Å². The monoisotopic (exact) mass is 420 g/mol. The van der Waals surface area contributed by atoms with Crippen LogP contribution in [0.2, 0.25) is 0 Å². The highest BCUT2D eigenvalue weighted by molar-refractivity contribution is 5.13. The Morgan fingerprint density at radius 1 is 0.833 bits per heavy atom. The van der Waals surface area contributed by atoms with E-state index in [2.05, 4.69) is 46.8 Å². The van der Waals surface area contributed by atoms with E-state index in [4.69, 9.17) is 23.7 Å². The molecule has 0 bridgehead atoms. The summed E-state index contributed by atoms with van der Waals surface area (Å²) >= 11 is 0. The Hall–Kier alpha value is -0.980. The summed E-state index contributed by atoms with van der Waals surface area (Å²) in [5, 5.41) is 0. The topological polar surface area (TPSA) is 46.2 Å². The van der Waals surface area contributed by atoms with E-state index in [-0.39, 0.29) is 24.8 Å². The second-order valence-corrected chi connectivity index (χ2v) is 9.37. The predicted octanol–water partition coefficient (Wildman–Crippen LogP) is 4.89. The SMILES string of the molecule is CO[C@H]1OC(CO[C@H]2CC(C)[C@H](C)C(COCc3ccccc3)O2)[C@@H](C)[C@H](C)C1C. The van der Waals surface area contributed by atoms with Gasteiger partial charge in [0.1, 0.15) is 0 Å². The van der Waals surface area contributed by atoms with E-state index in [1.54, 1.807) is 7.11 Å². The molecule has 2 heterocycles. The smallest absolute Gasteiger partial charge is 0.160 e. The van der Waals surface area contributed by atoms with Gasteiger partial charge >= 0.3 is 0 Å². The summed E-state index contributed by atoms with van der Waals surface area (Å²) in [6.07, 6.45) is 0.574. The second-order valence-electron chi connectivity index (χ2n) is 9.37. The van der Waals surface area contributed by atoms with Gasteiger partial charge in [-0.3, -0.25) is 0 Å². The van der Waals surface area contributed by atoms with Crippen LogP contribution in [0.3, 0.4) is 0 Å². The molecule has 2 aliphatic rings. The third-order valence-electron chi connectivity index (χ3n) is 7.43. The first-order valence-corrected chi connectivity index (χ1v) is 11.5. The van der Waals surface area contributed by atoms with Crippen LogP contribution in [0, 0.1) is 29.6 Å². The molecule has 9 atom stereocenters. The molecule has 1 aromatic carbocycles. The summed E-state index contributed by atoms with van der Waals surface area (Å²) in [5.41, 5.74) is 1.18. The van der Waals surface area contributed by atoms with Crippen molar-refractivity contribution in [2.45, 2.75) is 72.4 Å². The molecule has 0 N–H and O–H groups in total. The van der Waals surface area contributed by atoms with E-state index in [0.29, 0.717) is 49.4 Å². The molecule has 0 amide bonds. The van der Waals surface area contributed by atoms with Crippen LogP contribution in [0.25, 0.3) is 0 Å². The van der Waals surface area contributed by atoms with Crippen molar-refractivity contribution in [3.8, 4) is 0 Å². The number of ether oxygens (including phenoxy) is 5. The highest BCUT2D eigenvalue weighted by Gasteiger charge is 2.40. The summed E-state index contributed by atoms with van der Waals surface area (Å²) in [6, 6.07) is 10.3. The maximum atomic E-state index is 6.30. The minimum Gasteiger partial charge on any atom is -0.374 e. The Bertz CT molecular complexity index is 621. The summed E-state index contributed by atoms with van der Waals surface area (Å²) in [4.78, 5) is 0. The number of benzene rings is 1. The molecule has 0 aromatic heterocycles. The zero-order valence-corrected chi connectivity index (χ0v) is 19.5. The zero-order chi connectivity index (χ0) is 21.7. The van der Waals surface area contributed by atoms with Crippen LogP contribution in [0.1, 0.15) is 46.6 Å². The molecule has 1 aromatic rings. The number of hydrogen-bond donors (Lipinski definition) is 0. The van der Waals surface area contributed by atoms with Gasteiger partial charge < -0.3 is 23.7 Å². The largest absolute Gasteiger partial charge is 0.374 e. The molecule has 2 aliphatic heterocycles. The average molecular weight is 421 g/mol. The molecular formula is C25H40O5. The molecule has 5 nitrogen and oxygen atoms in total. The van der Waals surface area contributed by atoms with Gasteiger partial charge in [-0.1, -0.05) is 65.0 Å². The van der Waals surface area contributed by atoms with E-state index in [1.165, 1.54) is 5.56 Å². The highest BCUT2D eigenvalue weighted by atomic mass is 16.7. The second kappa shape index (κ2) is 11.1. The van der Waals surface area contributed by atoms with Crippen molar-refractivity contribution >= 4 is 0 Å². The number of methoxy groups -OCH3 is 1. The molecule has 0 radical (unpaired) electrons. The summed E-state index contributed by atoms with van der Waals surface area (Å²) in [5.74, 6) is 2.26. The Morgan fingerprint density at radius 2 is 1.53 bits per heavy atom. The molecular weight excluding hydrogens is 380 g/mol. The Labute approximate surface area is 182 Å². The summed E-state index contributed by atoms with van der Waals surface area (Å²) in [6.45, 7) is 13.0. The maximum absolute atomic E-state index is 6.30. The lowest BCUT2D eigenvalue weighted by atomic mass is 9.79. The van der Waals surface area contributed by atoms with Crippen LogP contribution in [-0.4, -0.2) is 45.1 Å². The quantitative estimate of drug-likeness (QED) is 0.599. The first-order valence-electron chi connectivity index (χ1n) is 11.5. The zero-order valence-electron chi connectivity index (χ0n) is 19.5. The summed E-state index contributed by atoms with van der Waals surface area (Å²) < 4.78 is 30.2. The van der Waals surface area contributed by atoms with Gasteiger partial charge in [0.05, 0.1) is 32.0 Å². The molecule has 30 heavy (non-hydrogen) atoms. The van der Waals surface area contributed by atoms with Crippen molar-refractivity contribution < 1.29 is 23.7 Å². The molecule has 2 saturated heterocycles. The molecule has 3 rings (SSSR count). The van der Waals surface area contributed by atoms with E-state index in [9.17, 15) is 0 Å². The third kappa shape index (κ3) is 5.83. The minimum absolute atomic E-state index is 0.0205. The van der Waals surface area contributed by atoms with Crippen molar-refractivity contribution in [2.24, 2.45) is 29.6 Å². The Balaban J connectivity index is 1.49. The Kier molecular flexibility index (Phi) is 8.72. The van der Waals surface area contributed by atoms with Gasteiger partial charge in [-0.05, 0) is 29.2 Å². The van der Waals surface area contributed by atoms with Crippen LogP contribution < -0.4 is 0 Å². The van der Waals surface area contributed by atoms with Gasteiger partial charge in [0.25, 0.3) is 0 Å². The molecule has 2 fully saturated rings. The van der Waals surface area contributed by atoms with Crippen LogP contribution in [0.5, 0.6) is 0 Å². The molecule has 0 aliphatic carbocycles. The van der Waals surface area contributed by atoms with Crippen LogP contribution >= 0.6 is 0 Å². The van der Waals surface area contributed by atoms with Gasteiger partial charge in [-0.15, -0.1) is 0 Å². The van der Waals surface area contributed by atoms with Gasteiger partial charge in [0.15, 0.2) is 12.6 Å². The fraction of sp³-hybridized carbons (Fsp3) is 0.760. The van der Waals surface area contributed by atoms with Gasteiger partial charge in [0, 0.05) is 19.4 Å². The molecule has 5 heteroatoms. The van der Waals surface area contributed by atoms with Crippen molar-refractivity contribution in [3.05, 3.63) is 35.9 Å². The molecule has 170 valence electrons. The fourth-order valence-electron chi connectivity index (χ4n) is 4.57. The lowest BCUT2D eigenvalue weighted by Crippen LogP contribution is -2.48. The predicted molar refractivity (Wildman–Crippen MR) is 117 cm³/mol. The lowest BCUT2D eigenvalue weighted by Gasteiger charge is -2.44. The van der Waals surface area contributed by atoms with Crippen LogP contribution in [0.4, 0.5) is 0 Å². The van der Waals surface area contributed by atoms with E-state index in [0.717, 1.165) is 6.42 Å². The average Bonchev–Trinajstić information content (AvgIpc) is 2.75. The summed E-state index contributed by atoms with van der Waals surface area (Å²) in [7, 11) is 1.72. The lowest BCUT2D eigenvalue weighted by molar-refractivity contribution is -0.277. The third-order valence-corrected chi connectivity index (χ3v) is 7.43. The fourth-order valence-corrected chi connectivity index (χ4v) is 4.57. The Morgan fingerprint density at radius 3 is 2.23 bits per heavy atom. The van der Waals surface area contributed by atoms with E-state index in [1.807, 2.05) is 18.2 Å². The number of rotatable bonds is 8. The van der Waals surface area contributed by atoms with E-state index < -0.39 is 0 Å². The first-order chi connectivity index (χ1) is 14.4. The van der Waals surface area contributed by atoms with Gasteiger partial charge in [-0.2, -0.15) is 0 Å². The molecule has 0 saturated carbocycles. The van der Waals surface area contributed by atoms with Gasteiger partial charge in [-0.25, -0.2) is 0 Å². The maximum Gasteiger partial charge on any atom is 0.160 e. The highest BCUT2D eigenvalue weighted by Crippen LogP contribution is 2.36. The van der Waals surface area contributed by atoms with E-state index >= 15 is 0 Å². The molecule has 0 spiro atoms. The number of hydrogen-bond acceptors (Lipinski definition) is 5.